The molecule has 0 unspecified atom stereocenters. The number of nitrogens with zero attached hydrogens (tertiary/aromatic N) is 3. The summed E-state index contributed by atoms with van der Waals surface area (Å²) in [6.07, 6.45) is -0.418. The zero-order chi connectivity index (χ0) is 21.5. The van der Waals surface area contributed by atoms with Crippen molar-refractivity contribution in [3.63, 3.8) is 0 Å². The number of amides is 1. The first-order valence-corrected chi connectivity index (χ1v) is 9.83. The molecule has 1 aliphatic heterocycles. The number of aromatic nitrogens is 2. The van der Waals surface area contributed by atoms with Crippen LogP contribution >= 0.6 is 0 Å². The van der Waals surface area contributed by atoms with Crippen LogP contribution in [0.25, 0.3) is 11.3 Å². The van der Waals surface area contributed by atoms with E-state index in [9.17, 15) is 22.8 Å². The monoisotopic (exact) mass is 425 g/mol. The molecule has 0 radical (unpaired) electrons. The fraction of sp³-hybridized carbons (Fsp3) is 0.550. The van der Waals surface area contributed by atoms with E-state index >= 15 is 0 Å². The van der Waals surface area contributed by atoms with Gasteiger partial charge in [0.1, 0.15) is 17.9 Å². The van der Waals surface area contributed by atoms with Crippen LogP contribution in [0.1, 0.15) is 40.3 Å². The fourth-order valence-electron chi connectivity index (χ4n) is 4.33. The Balaban J connectivity index is 1.53. The maximum atomic E-state index is 13.6. The van der Waals surface area contributed by atoms with Gasteiger partial charge in [0.15, 0.2) is 12.0 Å². The van der Waals surface area contributed by atoms with Crippen LogP contribution in [0.5, 0.6) is 0 Å². The van der Waals surface area contributed by atoms with E-state index < -0.39 is 17.5 Å². The molecular formula is C20H22F3N3O4. The summed E-state index contributed by atoms with van der Waals surface area (Å²) in [6.45, 7) is 1.88. The molecule has 2 aromatic heterocycles. The molecule has 0 N–H and O–H groups in total. The first-order valence-electron chi connectivity index (χ1n) is 9.83. The molecule has 7 nitrogen and oxygen atoms in total. The third kappa shape index (κ3) is 3.76. The molecule has 0 atom stereocenters. The summed E-state index contributed by atoms with van der Waals surface area (Å²) >= 11 is 0. The highest BCUT2D eigenvalue weighted by atomic mass is 19.4. The van der Waals surface area contributed by atoms with Gasteiger partial charge in [-0.15, -0.1) is 0 Å². The summed E-state index contributed by atoms with van der Waals surface area (Å²) < 4.78 is 52.5. The second-order valence-electron chi connectivity index (χ2n) is 7.74. The molecule has 1 amide bonds. The summed E-state index contributed by atoms with van der Waals surface area (Å²) in [5.74, 6) is -0.298. The number of carbonyl (C=O) groups is 2. The highest BCUT2D eigenvalue weighted by molar-refractivity contribution is 5.83. The van der Waals surface area contributed by atoms with E-state index in [2.05, 4.69) is 5.10 Å². The standard InChI is InChI=1S/C20H22F3N3O4/c1-29-11-16(28)25-6-4-12(5-7-25)8-26-9-13-2-3-14-17(19(13)24-26)18(20(21,22)23)15(10-27)30-14/h9-10,12H,2-8,11H2,1H3. The Hall–Kier alpha value is -2.62. The van der Waals surface area contributed by atoms with Gasteiger partial charge in [-0.3, -0.25) is 14.3 Å². The van der Waals surface area contributed by atoms with Gasteiger partial charge in [-0.2, -0.15) is 18.3 Å². The second-order valence-corrected chi connectivity index (χ2v) is 7.74. The number of hydrogen-bond acceptors (Lipinski definition) is 5. The van der Waals surface area contributed by atoms with Crippen LogP contribution in [0.15, 0.2) is 10.6 Å². The zero-order valence-electron chi connectivity index (χ0n) is 16.5. The van der Waals surface area contributed by atoms with Gasteiger partial charge < -0.3 is 14.1 Å². The highest BCUT2D eigenvalue weighted by Gasteiger charge is 2.43. The number of furan rings is 1. The second kappa shape index (κ2) is 7.90. The first-order chi connectivity index (χ1) is 14.3. The maximum Gasteiger partial charge on any atom is 0.420 e. The van der Waals surface area contributed by atoms with Gasteiger partial charge in [0, 0.05) is 39.4 Å². The topological polar surface area (TPSA) is 77.6 Å². The van der Waals surface area contributed by atoms with Gasteiger partial charge in [-0.05, 0) is 30.7 Å². The summed E-state index contributed by atoms with van der Waals surface area (Å²) in [4.78, 5) is 24.8. The molecular weight excluding hydrogens is 403 g/mol. The average molecular weight is 425 g/mol. The van der Waals surface area contributed by atoms with Crippen molar-refractivity contribution in [2.45, 2.75) is 38.4 Å². The van der Waals surface area contributed by atoms with Crippen LogP contribution in [0.3, 0.4) is 0 Å². The molecule has 162 valence electrons. The quantitative estimate of drug-likeness (QED) is 0.689. The lowest BCUT2D eigenvalue weighted by molar-refractivity contribution is -0.138. The molecule has 10 heteroatoms. The third-order valence-electron chi connectivity index (χ3n) is 5.77. The molecule has 1 aliphatic carbocycles. The van der Waals surface area contributed by atoms with Crippen LogP contribution in [0, 0.1) is 5.92 Å². The molecule has 2 aromatic rings. The molecule has 0 spiro atoms. The van der Waals surface area contributed by atoms with Crippen molar-refractivity contribution < 1.29 is 31.9 Å². The molecule has 2 aliphatic rings. The predicted molar refractivity (Wildman–Crippen MR) is 98.9 cm³/mol. The summed E-state index contributed by atoms with van der Waals surface area (Å²) in [6, 6.07) is 0. The molecule has 3 heterocycles. The predicted octanol–water partition coefficient (Wildman–Crippen LogP) is 2.96. The summed E-state index contributed by atoms with van der Waals surface area (Å²) in [5.41, 5.74) is -0.180. The number of likely N-dealkylation sites (tertiary alicyclic amines) is 1. The van der Waals surface area contributed by atoms with E-state index in [1.165, 1.54) is 7.11 Å². The smallest absolute Gasteiger partial charge is 0.420 e. The normalized spacial score (nSPS) is 17.0. The van der Waals surface area contributed by atoms with E-state index in [1.807, 2.05) is 0 Å². The number of alkyl halides is 3. The third-order valence-corrected chi connectivity index (χ3v) is 5.77. The van der Waals surface area contributed by atoms with E-state index in [0.29, 0.717) is 32.5 Å². The Morgan fingerprint density at radius 1 is 1.33 bits per heavy atom. The Bertz CT molecular complexity index is 955. The minimum absolute atomic E-state index is 0.0383. The van der Waals surface area contributed by atoms with E-state index in [4.69, 9.17) is 9.15 Å². The lowest BCUT2D eigenvalue weighted by Crippen LogP contribution is -2.41. The van der Waals surface area contributed by atoms with Crippen molar-refractivity contribution in [3.05, 3.63) is 28.8 Å². The first kappa shape index (κ1) is 20.6. The number of carbonyl (C=O) groups excluding carboxylic acids is 2. The van der Waals surface area contributed by atoms with Crippen LogP contribution < -0.4 is 0 Å². The Morgan fingerprint density at radius 2 is 2.07 bits per heavy atom. The SMILES string of the molecule is COCC(=O)N1CCC(Cn2cc3c(n2)-c2c(oc(C=O)c2C(F)(F)F)CC3)CC1. The number of aldehydes is 1. The van der Waals surface area contributed by atoms with Crippen molar-refractivity contribution in [1.82, 2.24) is 14.7 Å². The van der Waals surface area contributed by atoms with Gasteiger partial charge in [0.05, 0.1) is 11.3 Å². The molecule has 0 aromatic carbocycles. The maximum absolute atomic E-state index is 13.6. The number of ether oxygens (including phenoxy) is 1. The average Bonchev–Trinajstić information content (AvgIpc) is 3.28. The Kier molecular flexibility index (Phi) is 5.44. The van der Waals surface area contributed by atoms with E-state index in [-0.39, 0.29) is 41.7 Å². The molecule has 4 rings (SSSR count). The van der Waals surface area contributed by atoms with Crippen molar-refractivity contribution in [2.75, 3.05) is 26.8 Å². The van der Waals surface area contributed by atoms with Crippen LogP contribution in [0.2, 0.25) is 0 Å². The zero-order valence-corrected chi connectivity index (χ0v) is 16.5. The van der Waals surface area contributed by atoms with Crippen LogP contribution in [-0.4, -0.2) is 53.7 Å². The summed E-state index contributed by atoms with van der Waals surface area (Å²) in [7, 11) is 1.48. The minimum Gasteiger partial charge on any atom is -0.457 e. The molecule has 30 heavy (non-hydrogen) atoms. The number of piperidine rings is 1. The largest absolute Gasteiger partial charge is 0.457 e. The number of hydrogen-bond donors (Lipinski definition) is 0. The number of fused-ring (bicyclic) bond motifs is 3. The van der Waals surface area contributed by atoms with Crippen molar-refractivity contribution in [3.8, 4) is 11.3 Å². The van der Waals surface area contributed by atoms with Crippen molar-refractivity contribution in [2.24, 2.45) is 5.92 Å². The molecule has 1 saturated heterocycles. The lowest BCUT2D eigenvalue weighted by atomic mass is 9.93. The van der Waals surface area contributed by atoms with Gasteiger partial charge in [0.2, 0.25) is 5.91 Å². The van der Waals surface area contributed by atoms with Crippen molar-refractivity contribution >= 4 is 12.2 Å². The number of methoxy groups -OCH3 is 1. The number of aryl methyl sites for hydroxylation is 2. The van der Waals surface area contributed by atoms with Crippen LogP contribution in [-0.2, 0) is 35.1 Å². The minimum atomic E-state index is -4.70. The molecule has 1 fully saturated rings. The molecule has 0 bridgehead atoms. The lowest BCUT2D eigenvalue weighted by Gasteiger charge is -2.31. The van der Waals surface area contributed by atoms with E-state index in [0.717, 1.165) is 18.4 Å². The van der Waals surface area contributed by atoms with E-state index in [1.54, 1.807) is 15.8 Å². The van der Waals surface area contributed by atoms with Gasteiger partial charge in [-0.1, -0.05) is 0 Å². The van der Waals surface area contributed by atoms with Crippen molar-refractivity contribution in [1.29, 1.82) is 0 Å². The van der Waals surface area contributed by atoms with Crippen LogP contribution in [0.4, 0.5) is 13.2 Å². The number of halogens is 3. The van der Waals surface area contributed by atoms with Gasteiger partial charge in [0.25, 0.3) is 0 Å². The Labute approximate surface area is 170 Å². The summed E-state index contributed by atoms with van der Waals surface area (Å²) in [5, 5.41) is 4.43. The highest BCUT2D eigenvalue weighted by Crippen LogP contribution is 2.45. The van der Waals surface area contributed by atoms with Gasteiger partial charge in [-0.25, -0.2) is 0 Å². The van der Waals surface area contributed by atoms with Gasteiger partial charge >= 0.3 is 6.18 Å². The number of rotatable bonds is 5. The molecule has 0 saturated carbocycles. The Morgan fingerprint density at radius 3 is 2.70 bits per heavy atom. The fourth-order valence-corrected chi connectivity index (χ4v) is 4.33.